The Morgan fingerprint density at radius 2 is 1.63 bits per heavy atom. The molecule has 3 heteroatoms. The number of hydrogen-bond acceptors (Lipinski definition) is 3. The summed E-state index contributed by atoms with van der Waals surface area (Å²) in [5.74, 6) is 0.929. The Morgan fingerprint density at radius 1 is 0.926 bits per heavy atom. The van der Waals surface area contributed by atoms with Crippen LogP contribution in [0, 0.1) is 0 Å². The van der Waals surface area contributed by atoms with Gasteiger partial charge in [-0.3, -0.25) is 4.90 Å². The molecule has 0 bridgehead atoms. The molecule has 0 aliphatic carbocycles. The molecule has 1 aliphatic rings. The Balaban J connectivity index is 1.69. The van der Waals surface area contributed by atoms with Crippen LogP contribution >= 0.6 is 0 Å². The van der Waals surface area contributed by atoms with E-state index in [-0.39, 0.29) is 12.1 Å². The van der Waals surface area contributed by atoms with Crippen molar-refractivity contribution in [1.29, 1.82) is 0 Å². The van der Waals surface area contributed by atoms with Crippen molar-refractivity contribution in [2.75, 3.05) is 14.2 Å². The fraction of sp³-hybridized carbons (Fsp3) is 0.250. The van der Waals surface area contributed by atoms with Gasteiger partial charge >= 0.3 is 0 Å². The van der Waals surface area contributed by atoms with Gasteiger partial charge in [-0.25, -0.2) is 0 Å². The predicted octanol–water partition coefficient (Wildman–Crippen LogP) is 4.71. The van der Waals surface area contributed by atoms with Gasteiger partial charge in [0.25, 0.3) is 0 Å². The van der Waals surface area contributed by atoms with E-state index in [0.29, 0.717) is 0 Å². The fourth-order valence-electron chi connectivity index (χ4n) is 4.16. The summed E-state index contributed by atoms with van der Waals surface area (Å²) in [5.41, 5.74) is 5.30. The zero-order valence-electron chi connectivity index (χ0n) is 15.9. The van der Waals surface area contributed by atoms with Crippen LogP contribution in [-0.4, -0.2) is 19.1 Å². The van der Waals surface area contributed by atoms with E-state index < -0.39 is 0 Å². The third kappa shape index (κ3) is 3.61. The first-order valence-corrected chi connectivity index (χ1v) is 9.46. The summed E-state index contributed by atoms with van der Waals surface area (Å²) in [6.45, 7) is 1.72. The summed E-state index contributed by atoms with van der Waals surface area (Å²) in [6, 6.07) is 28.3. The van der Waals surface area contributed by atoms with Crippen LogP contribution in [0.3, 0.4) is 0 Å². The summed E-state index contributed by atoms with van der Waals surface area (Å²) in [7, 11) is 3.95. The van der Waals surface area contributed by atoms with E-state index >= 15 is 0 Å². The van der Waals surface area contributed by atoms with Gasteiger partial charge in [-0.2, -0.15) is 0 Å². The molecule has 3 nitrogen and oxygen atoms in total. The quantitative estimate of drug-likeness (QED) is 0.715. The lowest BCUT2D eigenvalue weighted by molar-refractivity contribution is 0.164. The van der Waals surface area contributed by atoms with E-state index in [1.807, 2.05) is 12.1 Å². The molecule has 1 N–H and O–H groups in total. The molecule has 3 aromatic carbocycles. The van der Waals surface area contributed by atoms with Crippen LogP contribution in [0.1, 0.15) is 34.3 Å². The monoisotopic (exact) mass is 358 g/mol. The number of rotatable bonds is 5. The van der Waals surface area contributed by atoms with E-state index in [1.54, 1.807) is 7.11 Å². The van der Waals surface area contributed by atoms with E-state index in [0.717, 1.165) is 18.8 Å². The SMILES string of the molecule is COc1ccccc1CN[C@H]1c2ccccc2CN(C)[C@@H]1c1ccccc1. The van der Waals surface area contributed by atoms with Crippen LogP contribution in [0.2, 0.25) is 0 Å². The fourth-order valence-corrected chi connectivity index (χ4v) is 4.16. The number of benzene rings is 3. The second kappa shape index (κ2) is 7.95. The molecular formula is C24H26N2O. The van der Waals surface area contributed by atoms with Crippen molar-refractivity contribution in [1.82, 2.24) is 10.2 Å². The highest BCUT2D eigenvalue weighted by molar-refractivity contribution is 5.38. The molecule has 3 aromatic rings. The smallest absolute Gasteiger partial charge is 0.123 e. The maximum Gasteiger partial charge on any atom is 0.123 e. The van der Waals surface area contributed by atoms with E-state index in [1.165, 1.54) is 22.3 Å². The number of ether oxygens (including phenoxy) is 1. The molecule has 0 radical (unpaired) electrons. The van der Waals surface area contributed by atoms with Gasteiger partial charge in [0, 0.05) is 18.7 Å². The highest BCUT2D eigenvalue weighted by Crippen LogP contribution is 2.40. The molecule has 2 atom stereocenters. The molecule has 1 aliphatic heterocycles. The van der Waals surface area contributed by atoms with Crippen LogP contribution in [-0.2, 0) is 13.1 Å². The van der Waals surface area contributed by atoms with Crippen LogP contribution in [0.5, 0.6) is 5.75 Å². The number of methoxy groups -OCH3 is 1. The molecule has 27 heavy (non-hydrogen) atoms. The molecule has 0 fully saturated rings. The van der Waals surface area contributed by atoms with Gasteiger partial charge in [0.1, 0.15) is 5.75 Å². The first-order valence-electron chi connectivity index (χ1n) is 9.46. The molecule has 4 rings (SSSR count). The Kier molecular flexibility index (Phi) is 5.23. The number of fused-ring (bicyclic) bond motifs is 1. The molecule has 0 aromatic heterocycles. The van der Waals surface area contributed by atoms with Gasteiger partial charge in [-0.15, -0.1) is 0 Å². The van der Waals surface area contributed by atoms with Gasteiger partial charge < -0.3 is 10.1 Å². The van der Waals surface area contributed by atoms with Gasteiger partial charge in [-0.05, 0) is 29.8 Å². The summed E-state index contributed by atoms with van der Waals surface area (Å²) in [5, 5.41) is 3.83. The lowest BCUT2D eigenvalue weighted by Crippen LogP contribution is -2.40. The van der Waals surface area contributed by atoms with E-state index in [2.05, 4.69) is 84.0 Å². The van der Waals surface area contributed by atoms with Crippen LogP contribution < -0.4 is 10.1 Å². The highest BCUT2D eigenvalue weighted by Gasteiger charge is 2.33. The van der Waals surface area contributed by atoms with Crippen LogP contribution in [0.15, 0.2) is 78.9 Å². The maximum atomic E-state index is 5.54. The zero-order valence-corrected chi connectivity index (χ0v) is 15.9. The van der Waals surface area contributed by atoms with Gasteiger partial charge in [0.05, 0.1) is 19.2 Å². The summed E-state index contributed by atoms with van der Waals surface area (Å²) < 4.78 is 5.54. The molecule has 0 unspecified atom stereocenters. The van der Waals surface area contributed by atoms with Crippen LogP contribution in [0.25, 0.3) is 0 Å². The van der Waals surface area contributed by atoms with E-state index in [9.17, 15) is 0 Å². The van der Waals surface area contributed by atoms with Gasteiger partial charge in [0.15, 0.2) is 0 Å². The summed E-state index contributed by atoms with van der Waals surface area (Å²) in [4.78, 5) is 2.44. The van der Waals surface area contributed by atoms with Crippen molar-refractivity contribution < 1.29 is 4.74 Å². The molecule has 1 heterocycles. The Bertz CT molecular complexity index is 894. The van der Waals surface area contributed by atoms with Crippen molar-refractivity contribution >= 4 is 0 Å². The molecule has 0 saturated heterocycles. The summed E-state index contributed by atoms with van der Waals surface area (Å²) in [6.07, 6.45) is 0. The normalized spacial score (nSPS) is 19.5. The number of nitrogens with zero attached hydrogens (tertiary/aromatic N) is 1. The van der Waals surface area contributed by atoms with Crippen molar-refractivity contribution in [2.45, 2.75) is 25.2 Å². The molecule has 0 amide bonds. The number of nitrogens with one attached hydrogen (secondary N) is 1. The van der Waals surface area contributed by atoms with E-state index in [4.69, 9.17) is 4.74 Å². The second-order valence-electron chi connectivity index (χ2n) is 7.14. The van der Waals surface area contributed by atoms with Crippen molar-refractivity contribution in [3.8, 4) is 5.75 Å². The molecule has 138 valence electrons. The minimum Gasteiger partial charge on any atom is -0.496 e. The third-order valence-corrected chi connectivity index (χ3v) is 5.45. The van der Waals surface area contributed by atoms with Crippen molar-refractivity contribution in [2.24, 2.45) is 0 Å². The summed E-state index contributed by atoms with van der Waals surface area (Å²) >= 11 is 0. The maximum absolute atomic E-state index is 5.54. The Labute approximate surface area is 161 Å². The molecular weight excluding hydrogens is 332 g/mol. The van der Waals surface area contributed by atoms with Crippen LogP contribution in [0.4, 0.5) is 0 Å². The third-order valence-electron chi connectivity index (χ3n) is 5.45. The second-order valence-corrected chi connectivity index (χ2v) is 7.14. The minimum absolute atomic E-state index is 0.215. The predicted molar refractivity (Wildman–Crippen MR) is 110 cm³/mol. The Hall–Kier alpha value is -2.62. The number of para-hydroxylation sites is 1. The van der Waals surface area contributed by atoms with Gasteiger partial charge in [0.2, 0.25) is 0 Å². The lowest BCUT2D eigenvalue weighted by Gasteiger charge is -2.41. The first-order chi connectivity index (χ1) is 13.3. The topological polar surface area (TPSA) is 24.5 Å². The zero-order chi connectivity index (χ0) is 18.6. The first kappa shape index (κ1) is 17.8. The standard InChI is InChI=1S/C24H26N2O/c1-26-17-20-13-6-8-14-21(20)23(24(26)18-10-4-3-5-11-18)25-16-19-12-7-9-15-22(19)27-2/h3-15,23-25H,16-17H2,1-2H3/t23-,24+/m0/s1. The van der Waals surface area contributed by atoms with Crippen molar-refractivity contribution in [3.63, 3.8) is 0 Å². The molecule has 0 spiro atoms. The largest absolute Gasteiger partial charge is 0.496 e. The average molecular weight is 358 g/mol. The lowest BCUT2D eigenvalue weighted by atomic mass is 9.85. The Morgan fingerprint density at radius 3 is 2.44 bits per heavy atom. The minimum atomic E-state index is 0.215. The molecule has 0 saturated carbocycles. The number of hydrogen-bond donors (Lipinski definition) is 1. The van der Waals surface area contributed by atoms with Gasteiger partial charge in [-0.1, -0.05) is 72.8 Å². The average Bonchev–Trinajstić information content (AvgIpc) is 2.72. The number of likely N-dealkylation sites (N-methyl/N-ethyl adjacent to an activating group) is 1. The highest BCUT2D eigenvalue weighted by atomic mass is 16.5. The van der Waals surface area contributed by atoms with Crippen molar-refractivity contribution in [3.05, 3.63) is 101 Å².